The lowest BCUT2D eigenvalue weighted by Gasteiger charge is -2.09. The lowest BCUT2D eigenvalue weighted by molar-refractivity contribution is 0.329. The number of rotatable bonds is 6. The molecular formula is C22H21N3O4. The molecule has 7 nitrogen and oxygen atoms in total. The fourth-order valence-corrected chi connectivity index (χ4v) is 3.12. The van der Waals surface area contributed by atoms with Crippen molar-refractivity contribution in [3.8, 4) is 40.2 Å². The summed E-state index contributed by atoms with van der Waals surface area (Å²) in [7, 11) is 3.18. The summed E-state index contributed by atoms with van der Waals surface area (Å²) in [6, 6.07) is 13.4. The van der Waals surface area contributed by atoms with Gasteiger partial charge in [0.25, 0.3) is 5.89 Å². The molecule has 0 fully saturated rings. The Hall–Kier alpha value is -3.61. The number of hydrogen-bond donors (Lipinski definition) is 0. The second-order valence-electron chi connectivity index (χ2n) is 6.45. The predicted molar refractivity (Wildman–Crippen MR) is 109 cm³/mol. The van der Waals surface area contributed by atoms with Gasteiger partial charge >= 0.3 is 0 Å². The third-order valence-electron chi connectivity index (χ3n) is 4.56. The number of fused-ring (bicyclic) bond motifs is 1. The van der Waals surface area contributed by atoms with E-state index in [9.17, 15) is 0 Å². The molecule has 4 aromatic rings. The second kappa shape index (κ2) is 7.79. The Balaban J connectivity index is 1.82. The molecule has 148 valence electrons. The first-order chi connectivity index (χ1) is 14.1. The summed E-state index contributed by atoms with van der Waals surface area (Å²) in [6.07, 6.45) is 0. The highest BCUT2D eigenvalue weighted by Gasteiger charge is 2.18. The van der Waals surface area contributed by atoms with E-state index in [-0.39, 0.29) is 0 Å². The van der Waals surface area contributed by atoms with Crippen molar-refractivity contribution in [2.45, 2.75) is 13.8 Å². The number of methoxy groups -OCH3 is 2. The van der Waals surface area contributed by atoms with Crippen molar-refractivity contribution in [2.24, 2.45) is 0 Å². The monoisotopic (exact) mass is 391 g/mol. The largest absolute Gasteiger partial charge is 0.497 e. The van der Waals surface area contributed by atoms with E-state index in [0.29, 0.717) is 46.8 Å². The van der Waals surface area contributed by atoms with Gasteiger partial charge in [-0.1, -0.05) is 23.4 Å². The average Bonchev–Trinajstić information content (AvgIpc) is 3.24. The van der Waals surface area contributed by atoms with Gasteiger partial charge in [-0.2, -0.15) is 4.98 Å². The van der Waals surface area contributed by atoms with Crippen LogP contribution in [-0.2, 0) is 0 Å². The third kappa shape index (κ3) is 3.59. The molecule has 7 heteroatoms. The van der Waals surface area contributed by atoms with E-state index in [2.05, 4.69) is 10.1 Å². The Morgan fingerprint density at radius 3 is 2.41 bits per heavy atom. The molecule has 0 amide bonds. The molecule has 0 saturated carbocycles. The predicted octanol–water partition coefficient (Wildman–Crippen LogP) is 4.68. The maximum absolute atomic E-state index is 5.77. The standard InChI is InChI=1S/C22H21N3O4/c1-5-28-22-18(11-14-8-6-7-13(2)19(14)23-22)20-24-21(29-25-20)15-9-16(26-3)12-17(10-15)27-4/h6-12H,5H2,1-4H3. The van der Waals surface area contributed by atoms with E-state index in [0.717, 1.165) is 16.5 Å². The van der Waals surface area contributed by atoms with Crippen LogP contribution in [0, 0.1) is 6.92 Å². The Morgan fingerprint density at radius 1 is 0.966 bits per heavy atom. The number of pyridine rings is 1. The molecule has 0 N–H and O–H groups in total. The lowest BCUT2D eigenvalue weighted by Crippen LogP contribution is -1.99. The zero-order chi connectivity index (χ0) is 20.4. The van der Waals surface area contributed by atoms with Crippen LogP contribution in [0.15, 0.2) is 47.0 Å². The molecule has 0 unspecified atom stereocenters. The van der Waals surface area contributed by atoms with Crippen LogP contribution in [0.25, 0.3) is 33.7 Å². The molecular weight excluding hydrogens is 370 g/mol. The quantitative estimate of drug-likeness (QED) is 0.472. The van der Waals surface area contributed by atoms with E-state index in [1.807, 2.05) is 50.2 Å². The highest BCUT2D eigenvalue weighted by atomic mass is 16.5. The third-order valence-corrected chi connectivity index (χ3v) is 4.56. The molecule has 0 aliphatic carbocycles. The molecule has 0 bridgehead atoms. The van der Waals surface area contributed by atoms with Crippen molar-refractivity contribution in [3.05, 3.63) is 48.0 Å². The molecule has 0 aliphatic rings. The fraction of sp³-hybridized carbons (Fsp3) is 0.227. The highest BCUT2D eigenvalue weighted by molar-refractivity contribution is 5.87. The molecule has 0 atom stereocenters. The first kappa shape index (κ1) is 18.7. The number of benzene rings is 2. The van der Waals surface area contributed by atoms with Crippen molar-refractivity contribution in [1.82, 2.24) is 15.1 Å². The Bertz CT molecular complexity index is 1150. The first-order valence-electron chi connectivity index (χ1n) is 9.23. The molecule has 2 aromatic carbocycles. The molecule has 2 heterocycles. The van der Waals surface area contributed by atoms with Crippen molar-refractivity contribution in [1.29, 1.82) is 0 Å². The SMILES string of the molecule is CCOc1nc2c(C)cccc2cc1-c1noc(-c2cc(OC)cc(OC)c2)n1. The molecule has 0 saturated heterocycles. The lowest BCUT2D eigenvalue weighted by atomic mass is 10.1. The number of ether oxygens (including phenoxy) is 3. The van der Waals surface area contributed by atoms with Gasteiger partial charge in [0, 0.05) is 17.0 Å². The molecule has 4 rings (SSSR count). The van der Waals surface area contributed by atoms with Crippen LogP contribution in [0.2, 0.25) is 0 Å². The Kier molecular flexibility index (Phi) is 5.03. The molecule has 0 aliphatic heterocycles. The highest BCUT2D eigenvalue weighted by Crippen LogP contribution is 2.34. The second-order valence-corrected chi connectivity index (χ2v) is 6.45. The van der Waals surface area contributed by atoms with Gasteiger partial charge in [-0.15, -0.1) is 0 Å². The van der Waals surface area contributed by atoms with Gasteiger partial charge in [-0.3, -0.25) is 0 Å². The van der Waals surface area contributed by atoms with Crippen LogP contribution >= 0.6 is 0 Å². The van der Waals surface area contributed by atoms with Gasteiger partial charge in [0.15, 0.2) is 0 Å². The minimum atomic E-state index is 0.351. The van der Waals surface area contributed by atoms with Crippen molar-refractivity contribution in [2.75, 3.05) is 20.8 Å². The number of aromatic nitrogens is 3. The Labute approximate surface area is 168 Å². The molecule has 2 aromatic heterocycles. The number of para-hydroxylation sites is 1. The normalized spacial score (nSPS) is 10.9. The van der Waals surface area contributed by atoms with Crippen molar-refractivity contribution in [3.63, 3.8) is 0 Å². The van der Waals surface area contributed by atoms with Crippen LogP contribution < -0.4 is 14.2 Å². The average molecular weight is 391 g/mol. The van der Waals surface area contributed by atoms with Gasteiger partial charge in [-0.05, 0) is 37.6 Å². The van der Waals surface area contributed by atoms with Gasteiger partial charge < -0.3 is 18.7 Å². The molecule has 29 heavy (non-hydrogen) atoms. The van der Waals surface area contributed by atoms with Crippen LogP contribution in [0.5, 0.6) is 17.4 Å². The van der Waals surface area contributed by atoms with Gasteiger partial charge in [0.2, 0.25) is 11.7 Å². The molecule has 0 spiro atoms. The molecule has 0 radical (unpaired) electrons. The first-order valence-corrected chi connectivity index (χ1v) is 9.23. The van der Waals surface area contributed by atoms with E-state index in [4.69, 9.17) is 23.7 Å². The summed E-state index contributed by atoms with van der Waals surface area (Å²) in [5, 5.41) is 5.14. The van der Waals surface area contributed by atoms with Crippen molar-refractivity contribution >= 4 is 10.9 Å². The summed E-state index contributed by atoms with van der Waals surface area (Å²) < 4.78 is 21.9. The Morgan fingerprint density at radius 2 is 1.72 bits per heavy atom. The van der Waals surface area contributed by atoms with E-state index in [1.54, 1.807) is 20.3 Å². The zero-order valence-corrected chi connectivity index (χ0v) is 16.7. The van der Waals surface area contributed by atoms with Gasteiger partial charge in [0.05, 0.1) is 31.9 Å². The number of aryl methyl sites for hydroxylation is 1. The zero-order valence-electron chi connectivity index (χ0n) is 16.7. The van der Waals surface area contributed by atoms with E-state index in [1.165, 1.54) is 0 Å². The topological polar surface area (TPSA) is 79.5 Å². The summed E-state index contributed by atoms with van der Waals surface area (Å²) >= 11 is 0. The summed E-state index contributed by atoms with van der Waals surface area (Å²) in [5.41, 5.74) is 3.34. The maximum atomic E-state index is 5.77. The van der Waals surface area contributed by atoms with Crippen molar-refractivity contribution < 1.29 is 18.7 Å². The minimum Gasteiger partial charge on any atom is -0.497 e. The summed E-state index contributed by atoms with van der Waals surface area (Å²) in [5.74, 6) is 2.50. The summed E-state index contributed by atoms with van der Waals surface area (Å²) in [6.45, 7) is 4.42. The van der Waals surface area contributed by atoms with E-state index < -0.39 is 0 Å². The van der Waals surface area contributed by atoms with E-state index >= 15 is 0 Å². The van der Waals surface area contributed by atoms with Crippen LogP contribution in [0.3, 0.4) is 0 Å². The van der Waals surface area contributed by atoms with Gasteiger partial charge in [-0.25, -0.2) is 4.98 Å². The van der Waals surface area contributed by atoms with Crippen LogP contribution in [0.4, 0.5) is 0 Å². The van der Waals surface area contributed by atoms with Crippen LogP contribution in [-0.4, -0.2) is 36.0 Å². The smallest absolute Gasteiger partial charge is 0.258 e. The number of nitrogens with zero attached hydrogens (tertiary/aromatic N) is 3. The minimum absolute atomic E-state index is 0.351. The van der Waals surface area contributed by atoms with Gasteiger partial charge in [0.1, 0.15) is 11.5 Å². The fourth-order valence-electron chi connectivity index (χ4n) is 3.12. The van der Waals surface area contributed by atoms with Crippen LogP contribution in [0.1, 0.15) is 12.5 Å². The maximum Gasteiger partial charge on any atom is 0.258 e. The summed E-state index contributed by atoms with van der Waals surface area (Å²) in [4.78, 5) is 9.26. The number of hydrogen-bond acceptors (Lipinski definition) is 7.